The van der Waals surface area contributed by atoms with Crippen molar-refractivity contribution in [2.45, 2.75) is 71.1 Å². The minimum absolute atomic E-state index is 0.705. The first-order valence-electron chi connectivity index (χ1n) is 8.46. The van der Waals surface area contributed by atoms with Gasteiger partial charge < -0.3 is 0 Å². The van der Waals surface area contributed by atoms with Crippen LogP contribution in [0.2, 0.25) is 0 Å². The smallest absolute Gasteiger partial charge is 0.0434 e. The summed E-state index contributed by atoms with van der Waals surface area (Å²) < 4.78 is 0. The molecular weight excluding hydrogens is 242 g/mol. The van der Waals surface area contributed by atoms with E-state index >= 15 is 0 Å². The lowest BCUT2D eigenvalue weighted by Gasteiger charge is -2.28. The Kier molecular flexibility index (Phi) is 6.29. The van der Waals surface area contributed by atoms with E-state index in [-0.39, 0.29) is 0 Å². The van der Waals surface area contributed by atoms with Gasteiger partial charge in [-0.3, -0.25) is 4.98 Å². The van der Waals surface area contributed by atoms with Crippen LogP contribution in [0.15, 0.2) is 24.4 Å². The van der Waals surface area contributed by atoms with E-state index in [1.165, 1.54) is 56.2 Å². The number of aromatic nitrogens is 1. The lowest BCUT2D eigenvalue weighted by molar-refractivity contribution is 0.305. The Morgan fingerprint density at radius 3 is 2.50 bits per heavy atom. The Hall–Kier alpha value is -1.11. The molecule has 1 aromatic heterocycles. The van der Waals surface area contributed by atoms with Crippen molar-refractivity contribution in [3.8, 4) is 0 Å². The van der Waals surface area contributed by atoms with Gasteiger partial charge in [0.2, 0.25) is 0 Å². The van der Waals surface area contributed by atoms with Gasteiger partial charge >= 0.3 is 0 Å². The molecule has 0 radical (unpaired) electrons. The van der Waals surface area contributed by atoms with E-state index in [2.05, 4.69) is 38.1 Å². The fourth-order valence-electron chi connectivity index (χ4n) is 3.30. The highest BCUT2D eigenvalue weighted by molar-refractivity contribution is 5.47. The molecule has 20 heavy (non-hydrogen) atoms. The number of pyridine rings is 1. The predicted molar refractivity (Wildman–Crippen MR) is 87.8 cm³/mol. The van der Waals surface area contributed by atoms with E-state index in [9.17, 15) is 0 Å². The van der Waals surface area contributed by atoms with Crippen molar-refractivity contribution in [2.24, 2.45) is 5.92 Å². The number of nitrogens with zero attached hydrogens (tertiary/aromatic N) is 1. The molecule has 1 aromatic rings. The van der Waals surface area contributed by atoms with Crippen molar-refractivity contribution >= 4 is 6.08 Å². The Labute approximate surface area is 124 Å². The van der Waals surface area contributed by atoms with E-state index in [1.54, 1.807) is 0 Å². The molecule has 0 aliphatic heterocycles. The van der Waals surface area contributed by atoms with Gasteiger partial charge in [-0.15, -0.1) is 0 Å². The number of allylic oxidation sites excluding steroid dienone is 1. The molecule has 2 rings (SSSR count). The molecule has 110 valence electrons. The van der Waals surface area contributed by atoms with Crippen LogP contribution in [0.25, 0.3) is 6.08 Å². The van der Waals surface area contributed by atoms with Crippen LogP contribution in [-0.2, 0) is 0 Å². The molecule has 0 spiro atoms. The summed E-state index contributed by atoms with van der Waals surface area (Å²) in [5, 5.41) is 0. The standard InChI is InChI=1S/C19H29N/c1-3-5-6-8-17-11-14-19(20-15-17)18-12-9-16(7-4-2)10-13-18/h6,8,11,14-16,18H,3-5,7,9-10,12-13H2,1-2H3/b8-6+. The second-order valence-electron chi connectivity index (χ2n) is 6.21. The maximum absolute atomic E-state index is 4.70. The summed E-state index contributed by atoms with van der Waals surface area (Å²) in [6, 6.07) is 4.48. The summed E-state index contributed by atoms with van der Waals surface area (Å²) in [5.74, 6) is 1.68. The van der Waals surface area contributed by atoms with Gasteiger partial charge in [0.15, 0.2) is 0 Å². The number of hydrogen-bond acceptors (Lipinski definition) is 1. The topological polar surface area (TPSA) is 12.9 Å². The van der Waals surface area contributed by atoms with E-state index in [4.69, 9.17) is 4.98 Å². The second-order valence-corrected chi connectivity index (χ2v) is 6.21. The highest BCUT2D eigenvalue weighted by Crippen LogP contribution is 2.36. The molecule has 0 N–H and O–H groups in total. The summed E-state index contributed by atoms with van der Waals surface area (Å²) in [7, 11) is 0. The average molecular weight is 271 g/mol. The molecule has 0 saturated heterocycles. The zero-order valence-corrected chi connectivity index (χ0v) is 13.1. The number of unbranched alkanes of at least 4 members (excludes halogenated alkanes) is 1. The highest BCUT2D eigenvalue weighted by atomic mass is 14.7. The summed E-state index contributed by atoms with van der Waals surface area (Å²) in [4.78, 5) is 4.70. The normalized spacial score (nSPS) is 23.3. The van der Waals surface area contributed by atoms with Crippen molar-refractivity contribution in [1.29, 1.82) is 0 Å². The lowest BCUT2D eigenvalue weighted by atomic mass is 9.78. The monoisotopic (exact) mass is 271 g/mol. The molecule has 0 unspecified atom stereocenters. The van der Waals surface area contributed by atoms with E-state index < -0.39 is 0 Å². The van der Waals surface area contributed by atoms with Gasteiger partial charge in [0, 0.05) is 17.8 Å². The molecule has 0 aromatic carbocycles. The van der Waals surface area contributed by atoms with Crippen LogP contribution in [-0.4, -0.2) is 4.98 Å². The molecular formula is C19H29N. The maximum Gasteiger partial charge on any atom is 0.0434 e. The summed E-state index contributed by atoms with van der Waals surface area (Å²) in [6.45, 7) is 4.51. The number of rotatable bonds is 6. The predicted octanol–water partition coefficient (Wildman–Crippen LogP) is 5.97. The SMILES string of the molecule is CCC/C=C/c1ccc(C2CCC(CCC)CC2)nc1. The van der Waals surface area contributed by atoms with Crippen LogP contribution in [0, 0.1) is 5.92 Å². The van der Waals surface area contributed by atoms with Crippen LogP contribution >= 0.6 is 0 Å². The third-order valence-electron chi connectivity index (χ3n) is 4.54. The van der Waals surface area contributed by atoms with Crippen LogP contribution in [0.1, 0.15) is 82.4 Å². The van der Waals surface area contributed by atoms with Gasteiger partial charge in [0.05, 0.1) is 0 Å². The van der Waals surface area contributed by atoms with E-state index in [0.717, 1.165) is 12.3 Å². The Morgan fingerprint density at radius 2 is 1.90 bits per heavy atom. The van der Waals surface area contributed by atoms with Gasteiger partial charge in [-0.2, -0.15) is 0 Å². The molecule has 0 amide bonds. The Balaban J connectivity index is 1.87. The van der Waals surface area contributed by atoms with Gasteiger partial charge in [0.1, 0.15) is 0 Å². The Bertz CT molecular complexity index is 396. The first-order chi connectivity index (χ1) is 9.83. The molecule has 0 atom stereocenters. The summed E-state index contributed by atoms with van der Waals surface area (Å²) >= 11 is 0. The Morgan fingerprint density at radius 1 is 1.10 bits per heavy atom. The van der Waals surface area contributed by atoms with Crippen LogP contribution in [0.4, 0.5) is 0 Å². The highest BCUT2D eigenvalue weighted by Gasteiger charge is 2.22. The fraction of sp³-hybridized carbons (Fsp3) is 0.632. The molecule has 1 aliphatic carbocycles. The molecule has 0 bridgehead atoms. The fourth-order valence-corrected chi connectivity index (χ4v) is 3.30. The third kappa shape index (κ3) is 4.47. The molecule has 1 nitrogen and oxygen atoms in total. The molecule has 1 heterocycles. The van der Waals surface area contributed by atoms with Crippen molar-refractivity contribution < 1.29 is 0 Å². The van der Waals surface area contributed by atoms with E-state index in [0.29, 0.717) is 5.92 Å². The van der Waals surface area contributed by atoms with Gasteiger partial charge in [0.25, 0.3) is 0 Å². The van der Waals surface area contributed by atoms with Crippen molar-refractivity contribution in [3.05, 3.63) is 35.7 Å². The lowest BCUT2D eigenvalue weighted by Crippen LogP contribution is -2.14. The largest absolute Gasteiger partial charge is 0.260 e. The third-order valence-corrected chi connectivity index (χ3v) is 4.54. The van der Waals surface area contributed by atoms with Gasteiger partial charge in [-0.1, -0.05) is 51.3 Å². The number of hydrogen-bond donors (Lipinski definition) is 0. The molecule has 1 heteroatoms. The quantitative estimate of drug-likeness (QED) is 0.621. The van der Waals surface area contributed by atoms with Crippen LogP contribution in [0.5, 0.6) is 0 Å². The zero-order valence-electron chi connectivity index (χ0n) is 13.1. The van der Waals surface area contributed by atoms with Gasteiger partial charge in [-0.05, 0) is 49.7 Å². The van der Waals surface area contributed by atoms with Crippen LogP contribution in [0.3, 0.4) is 0 Å². The maximum atomic E-state index is 4.70. The minimum Gasteiger partial charge on any atom is -0.260 e. The van der Waals surface area contributed by atoms with Gasteiger partial charge in [-0.25, -0.2) is 0 Å². The molecule has 1 saturated carbocycles. The molecule has 1 fully saturated rings. The first-order valence-corrected chi connectivity index (χ1v) is 8.46. The zero-order chi connectivity index (χ0) is 14.2. The molecule has 1 aliphatic rings. The van der Waals surface area contributed by atoms with Crippen molar-refractivity contribution in [3.63, 3.8) is 0 Å². The summed E-state index contributed by atoms with van der Waals surface area (Å²) in [6.07, 6.45) is 17.1. The van der Waals surface area contributed by atoms with Crippen molar-refractivity contribution in [1.82, 2.24) is 4.98 Å². The first kappa shape index (κ1) is 15.3. The second kappa shape index (κ2) is 8.24. The van der Waals surface area contributed by atoms with Crippen LogP contribution < -0.4 is 0 Å². The summed E-state index contributed by atoms with van der Waals surface area (Å²) in [5.41, 5.74) is 2.55. The van der Waals surface area contributed by atoms with E-state index in [1.807, 2.05) is 6.20 Å². The minimum atomic E-state index is 0.705. The average Bonchev–Trinajstić information content (AvgIpc) is 2.49. The van der Waals surface area contributed by atoms with Crippen molar-refractivity contribution in [2.75, 3.05) is 0 Å².